The summed E-state index contributed by atoms with van der Waals surface area (Å²) in [5.74, 6) is -1.50. The number of carboxylic acid groups (broad SMARTS) is 1. The van der Waals surface area contributed by atoms with Crippen LogP contribution in [0, 0.1) is 0 Å². The molecule has 2 atom stereocenters. The van der Waals surface area contributed by atoms with Crippen LogP contribution in [0.5, 0.6) is 0 Å². The minimum absolute atomic E-state index is 0.174. The Balaban J connectivity index is 4.21. The second-order valence-electron chi connectivity index (χ2n) is 3.36. The highest BCUT2D eigenvalue weighted by Crippen LogP contribution is 2.02. The lowest BCUT2D eigenvalue weighted by atomic mass is 10.2. The Kier molecular flexibility index (Phi) is 6.70. The number of likely N-dealkylation sites (N-methyl/N-ethyl adjacent to an activating group) is 1. The molecule has 0 spiro atoms. The van der Waals surface area contributed by atoms with Gasteiger partial charge in [0.1, 0.15) is 6.04 Å². The van der Waals surface area contributed by atoms with Gasteiger partial charge in [-0.05, 0) is 19.9 Å². The van der Waals surface area contributed by atoms with Gasteiger partial charge in [-0.3, -0.25) is 9.59 Å². The number of hydrogen-bond acceptors (Lipinski definition) is 4. The number of esters is 1. The minimum atomic E-state index is -1.01. The second-order valence-corrected chi connectivity index (χ2v) is 3.36. The van der Waals surface area contributed by atoms with Gasteiger partial charge in [-0.1, -0.05) is 13.8 Å². The lowest BCUT2D eigenvalue weighted by Gasteiger charge is -2.17. The van der Waals surface area contributed by atoms with Gasteiger partial charge < -0.3 is 15.2 Å². The van der Waals surface area contributed by atoms with E-state index in [1.807, 2.05) is 13.8 Å². The lowest BCUT2D eigenvalue weighted by molar-refractivity contribution is -0.154. The summed E-state index contributed by atoms with van der Waals surface area (Å²) >= 11 is 0. The molecule has 5 heteroatoms. The zero-order valence-electron chi connectivity index (χ0n) is 9.45. The molecular formula is C10H19NO4. The molecule has 0 radical (unpaired) electrons. The van der Waals surface area contributed by atoms with Crippen LogP contribution in [0.25, 0.3) is 0 Å². The zero-order chi connectivity index (χ0) is 11.8. The molecule has 0 heterocycles. The Morgan fingerprint density at radius 1 is 1.40 bits per heavy atom. The molecule has 2 unspecified atom stereocenters. The fourth-order valence-electron chi connectivity index (χ4n) is 1.02. The molecule has 0 aliphatic heterocycles. The van der Waals surface area contributed by atoms with Crippen LogP contribution in [0.1, 0.15) is 33.6 Å². The molecule has 0 aliphatic rings. The van der Waals surface area contributed by atoms with Crippen molar-refractivity contribution >= 4 is 11.9 Å². The maximum Gasteiger partial charge on any atom is 0.324 e. The van der Waals surface area contributed by atoms with Crippen molar-refractivity contribution < 1.29 is 19.4 Å². The van der Waals surface area contributed by atoms with Crippen LogP contribution < -0.4 is 5.32 Å². The molecule has 0 rings (SSSR count). The van der Waals surface area contributed by atoms with Crippen LogP contribution in [0.15, 0.2) is 0 Å². The summed E-state index contributed by atoms with van der Waals surface area (Å²) < 4.78 is 5.05. The van der Waals surface area contributed by atoms with Crippen molar-refractivity contribution in [3.63, 3.8) is 0 Å². The van der Waals surface area contributed by atoms with Gasteiger partial charge in [-0.15, -0.1) is 0 Å². The molecule has 2 N–H and O–H groups in total. The third kappa shape index (κ3) is 6.06. The first kappa shape index (κ1) is 13.9. The predicted molar refractivity (Wildman–Crippen MR) is 55.6 cm³/mol. The van der Waals surface area contributed by atoms with E-state index in [-0.39, 0.29) is 12.5 Å². The smallest absolute Gasteiger partial charge is 0.324 e. The van der Waals surface area contributed by atoms with Crippen molar-refractivity contribution in [3.8, 4) is 0 Å². The Labute approximate surface area is 89.8 Å². The van der Waals surface area contributed by atoms with Gasteiger partial charge >= 0.3 is 11.9 Å². The highest BCUT2D eigenvalue weighted by Gasteiger charge is 2.23. The number of nitrogens with one attached hydrogen (secondary N) is 1. The van der Waals surface area contributed by atoms with E-state index >= 15 is 0 Å². The van der Waals surface area contributed by atoms with Gasteiger partial charge in [0.15, 0.2) is 0 Å². The largest absolute Gasteiger partial charge is 0.481 e. The highest BCUT2D eigenvalue weighted by molar-refractivity contribution is 5.82. The van der Waals surface area contributed by atoms with Crippen molar-refractivity contribution in [2.45, 2.75) is 45.8 Å². The lowest BCUT2D eigenvalue weighted by Crippen LogP contribution is -2.40. The summed E-state index contributed by atoms with van der Waals surface area (Å²) in [5, 5.41) is 11.4. The fraction of sp³-hybridized carbons (Fsp3) is 0.800. The first-order valence-corrected chi connectivity index (χ1v) is 5.16. The second kappa shape index (κ2) is 7.23. The number of aliphatic carboxylic acids is 1. The third-order valence-electron chi connectivity index (χ3n) is 2.01. The standard InChI is InChI=1S/C10H19NO4/c1-4-7(3)15-10(14)8(11-5-2)6-9(12)13/h7-8,11H,4-6H2,1-3H3,(H,12,13). The van der Waals surface area contributed by atoms with Crippen molar-refractivity contribution in [3.05, 3.63) is 0 Å². The van der Waals surface area contributed by atoms with Crippen molar-refractivity contribution in [1.82, 2.24) is 5.32 Å². The van der Waals surface area contributed by atoms with Gasteiger partial charge in [0.2, 0.25) is 0 Å². The molecular weight excluding hydrogens is 198 g/mol. The van der Waals surface area contributed by atoms with Crippen molar-refractivity contribution in [2.24, 2.45) is 0 Å². The minimum Gasteiger partial charge on any atom is -0.481 e. The Bertz CT molecular complexity index is 217. The quantitative estimate of drug-likeness (QED) is 0.616. The fourth-order valence-corrected chi connectivity index (χ4v) is 1.02. The van der Waals surface area contributed by atoms with E-state index in [0.717, 1.165) is 6.42 Å². The van der Waals surface area contributed by atoms with Gasteiger partial charge in [0.05, 0.1) is 12.5 Å². The molecule has 0 aromatic rings. The number of carboxylic acids is 1. The van der Waals surface area contributed by atoms with E-state index in [2.05, 4.69) is 5.32 Å². The summed E-state index contributed by atoms with van der Waals surface area (Å²) in [7, 11) is 0. The number of carbonyl (C=O) groups excluding carboxylic acids is 1. The highest BCUT2D eigenvalue weighted by atomic mass is 16.5. The summed E-state index contributed by atoms with van der Waals surface area (Å²) in [5.41, 5.74) is 0. The summed E-state index contributed by atoms with van der Waals surface area (Å²) in [4.78, 5) is 22.0. The number of carbonyl (C=O) groups is 2. The summed E-state index contributed by atoms with van der Waals surface area (Å²) in [6.07, 6.45) is 0.299. The maximum absolute atomic E-state index is 11.5. The van der Waals surface area contributed by atoms with E-state index < -0.39 is 18.0 Å². The maximum atomic E-state index is 11.5. The molecule has 5 nitrogen and oxygen atoms in total. The molecule has 88 valence electrons. The third-order valence-corrected chi connectivity index (χ3v) is 2.01. The van der Waals surface area contributed by atoms with E-state index in [1.165, 1.54) is 0 Å². The first-order chi connectivity index (χ1) is 7.01. The first-order valence-electron chi connectivity index (χ1n) is 5.16. The molecule has 0 aromatic heterocycles. The van der Waals surface area contributed by atoms with Crippen molar-refractivity contribution in [2.75, 3.05) is 6.54 Å². The van der Waals surface area contributed by atoms with Gasteiger partial charge in [0.25, 0.3) is 0 Å². The van der Waals surface area contributed by atoms with E-state index in [4.69, 9.17) is 9.84 Å². The number of rotatable bonds is 7. The monoisotopic (exact) mass is 217 g/mol. The van der Waals surface area contributed by atoms with Crippen LogP contribution >= 0.6 is 0 Å². The topological polar surface area (TPSA) is 75.6 Å². The Hall–Kier alpha value is -1.10. The molecule has 0 aromatic carbocycles. The molecule has 0 bridgehead atoms. The van der Waals surface area contributed by atoms with Crippen LogP contribution in [0.2, 0.25) is 0 Å². The SMILES string of the molecule is CCNC(CC(=O)O)C(=O)OC(C)CC. The van der Waals surface area contributed by atoms with E-state index in [1.54, 1.807) is 6.92 Å². The molecule has 15 heavy (non-hydrogen) atoms. The van der Waals surface area contributed by atoms with E-state index in [9.17, 15) is 9.59 Å². The molecule has 0 saturated carbocycles. The van der Waals surface area contributed by atoms with Crippen LogP contribution in [-0.2, 0) is 14.3 Å². The van der Waals surface area contributed by atoms with Crippen LogP contribution in [-0.4, -0.2) is 35.7 Å². The average Bonchev–Trinajstić information content (AvgIpc) is 2.16. The summed E-state index contributed by atoms with van der Waals surface area (Å²) in [6.45, 7) is 6.03. The van der Waals surface area contributed by atoms with E-state index in [0.29, 0.717) is 6.54 Å². The average molecular weight is 217 g/mol. The molecule has 0 fully saturated rings. The van der Waals surface area contributed by atoms with Crippen molar-refractivity contribution in [1.29, 1.82) is 0 Å². The number of ether oxygens (including phenoxy) is 1. The van der Waals surface area contributed by atoms with Gasteiger partial charge in [-0.2, -0.15) is 0 Å². The Morgan fingerprint density at radius 2 is 2.00 bits per heavy atom. The zero-order valence-corrected chi connectivity index (χ0v) is 9.45. The normalized spacial score (nSPS) is 14.3. The van der Waals surface area contributed by atoms with Crippen LogP contribution in [0.3, 0.4) is 0 Å². The predicted octanol–water partition coefficient (Wildman–Crippen LogP) is 0.781. The van der Waals surface area contributed by atoms with Gasteiger partial charge in [0, 0.05) is 0 Å². The Morgan fingerprint density at radius 3 is 2.40 bits per heavy atom. The van der Waals surface area contributed by atoms with Gasteiger partial charge in [-0.25, -0.2) is 0 Å². The number of hydrogen-bond donors (Lipinski definition) is 2. The van der Waals surface area contributed by atoms with Crippen LogP contribution in [0.4, 0.5) is 0 Å². The summed E-state index contributed by atoms with van der Waals surface area (Å²) in [6, 6.07) is -0.749. The molecule has 0 amide bonds. The molecule has 0 saturated heterocycles. The molecule has 0 aliphatic carbocycles.